The van der Waals surface area contributed by atoms with Crippen molar-refractivity contribution in [2.45, 2.75) is 24.9 Å². The highest BCUT2D eigenvalue weighted by molar-refractivity contribution is 7.09. The first-order chi connectivity index (χ1) is 11.1. The molecule has 23 heavy (non-hydrogen) atoms. The molecule has 1 amide bonds. The molecule has 0 spiro atoms. The van der Waals surface area contributed by atoms with E-state index < -0.39 is 5.60 Å². The number of anilines is 1. The summed E-state index contributed by atoms with van der Waals surface area (Å²) in [7, 11) is 0. The summed E-state index contributed by atoms with van der Waals surface area (Å²) in [5, 5.41) is 15.5. The van der Waals surface area contributed by atoms with Crippen molar-refractivity contribution in [3.8, 4) is 0 Å². The third kappa shape index (κ3) is 4.27. The van der Waals surface area contributed by atoms with E-state index in [0.717, 1.165) is 12.2 Å². The van der Waals surface area contributed by atoms with Crippen LogP contribution in [0.15, 0.2) is 36.1 Å². The lowest BCUT2D eigenvalue weighted by atomic mass is 10.0. The van der Waals surface area contributed by atoms with Gasteiger partial charge in [-0.2, -0.15) is 0 Å². The van der Waals surface area contributed by atoms with E-state index in [1.807, 2.05) is 22.4 Å². The number of hydrogen-bond acceptors (Lipinski definition) is 6. The monoisotopic (exact) mass is 332 g/mol. The van der Waals surface area contributed by atoms with Crippen molar-refractivity contribution in [2.75, 3.05) is 24.5 Å². The lowest BCUT2D eigenvalue weighted by Gasteiger charge is -2.24. The molecule has 0 saturated carbocycles. The number of aliphatic hydroxyl groups is 1. The molecule has 1 fully saturated rings. The lowest BCUT2D eigenvalue weighted by molar-refractivity contribution is -0.122. The fourth-order valence-corrected chi connectivity index (χ4v) is 3.40. The first-order valence-electron chi connectivity index (χ1n) is 7.67. The molecule has 1 aliphatic heterocycles. The number of amides is 1. The number of β-amino-alcohol motifs (C(OH)–C–C–N with tert-alkyl or cyclic N) is 1. The highest BCUT2D eigenvalue weighted by Crippen LogP contribution is 2.24. The van der Waals surface area contributed by atoms with E-state index in [0.29, 0.717) is 25.9 Å². The van der Waals surface area contributed by atoms with Gasteiger partial charge in [-0.1, -0.05) is 6.07 Å². The van der Waals surface area contributed by atoms with Gasteiger partial charge in [-0.15, -0.1) is 11.3 Å². The molecule has 1 saturated heterocycles. The zero-order chi connectivity index (χ0) is 16.1. The summed E-state index contributed by atoms with van der Waals surface area (Å²) >= 11 is 1.66. The van der Waals surface area contributed by atoms with Gasteiger partial charge in [0.25, 0.3) is 0 Å². The van der Waals surface area contributed by atoms with Gasteiger partial charge in [-0.05, 0) is 24.3 Å². The zero-order valence-corrected chi connectivity index (χ0v) is 13.6. The summed E-state index contributed by atoms with van der Waals surface area (Å²) in [6, 6.07) is 4.02. The highest BCUT2D eigenvalue weighted by Gasteiger charge is 2.36. The molecule has 0 aromatic carbocycles. The molecule has 0 radical (unpaired) electrons. The van der Waals surface area contributed by atoms with E-state index in [9.17, 15) is 9.90 Å². The van der Waals surface area contributed by atoms with Crippen LogP contribution in [0.3, 0.4) is 0 Å². The van der Waals surface area contributed by atoms with Gasteiger partial charge in [0.2, 0.25) is 5.91 Å². The third-order valence-corrected chi connectivity index (χ3v) is 4.94. The fraction of sp³-hybridized carbons (Fsp3) is 0.438. The van der Waals surface area contributed by atoms with Crippen LogP contribution in [0.2, 0.25) is 0 Å². The van der Waals surface area contributed by atoms with Crippen LogP contribution in [0, 0.1) is 0 Å². The molecule has 2 aromatic heterocycles. The summed E-state index contributed by atoms with van der Waals surface area (Å²) in [6.07, 6.45) is 6.75. The van der Waals surface area contributed by atoms with Crippen LogP contribution in [-0.4, -0.2) is 46.2 Å². The van der Waals surface area contributed by atoms with Gasteiger partial charge in [-0.3, -0.25) is 9.78 Å². The summed E-state index contributed by atoms with van der Waals surface area (Å²) in [4.78, 5) is 23.4. The maximum absolute atomic E-state index is 11.9. The van der Waals surface area contributed by atoms with Crippen LogP contribution >= 0.6 is 11.3 Å². The average Bonchev–Trinajstić information content (AvgIpc) is 3.22. The Morgan fingerprint density at radius 3 is 3.13 bits per heavy atom. The minimum atomic E-state index is -0.907. The molecule has 3 rings (SSSR count). The maximum Gasteiger partial charge on any atom is 0.220 e. The molecule has 2 aromatic rings. The number of nitrogens with zero attached hydrogens (tertiary/aromatic N) is 3. The summed E-state index contributed by atoms with van der Waals surface area (Å²) in [5.74, 6) is 0.734. The first-order valence-corrected chi connectivity index (χ1v) is 8.55. The molecular formula is C16H20N4O2S. The quantitative estimate of drug-likeness (QED) is 0.832. The molecule has 1 aliphatic rings. The van der Waals surface area contributed by atoms with Gasteiger partial charge in [0.1, 0.15) is 11.4 Å². The molecule has 6 nitrogen and oxygen atoms in total. The van der Waals surface area contributed by atoms with Crippen molar-refractivity contribution in [1.82, 2.24) is 15.3 Å². The van der Waals surface area contributed by atoms with Crippen molar-refractivity contribution >= 4 is 23.1 Å². The predicted molar refractivity (Wildman–Crippen MR) is 89.5 cm³/mol. The molecule has 3 heterocycles. The molecule has 7 heteroatoms. The van der Waals surface area contributed by atoms with E-state index in [1.54, 1.807) is 29.9 Å². The Balaban J connectivity index is 1.45. The van der Waals surface area contributed by atoms with Crippen LogP contribution in [0.1, 0.15) is 17.7 Å². The van der Waals surface area contributed by atoms with Crippen LogP contribution in [-0.2, 0) is 11.2 Å². The topological polar surface area (TPSA) is 78.4 Å². The second kappa shape index (κ2) is 7.06. The Morgan fingerprint density at radius 1 is 1.48 bits per heavy atom. The normalized spacial score (nSPS) is 20.7. The number of rotatable bonds is 6. The Morgan fingerprint density at radius 2 is 2.39 bits per heavy atom. The van der Waals surface area contributed by atoms with Crippen molar-refractivity contribution in [2.24, 2.45) is 0 Å². The zero-order valence-electron chi connectivity index (χ0n) is 12.8. The van der Waals surface area contributed by atoms with E-state index in [4.69, 9.17) is 0 Å². The molecule has 0 unspecified atom stereocenters. The van der Waals surface area contributed by atoms with Crippen LogP contribution < -0.4 is 10.2 Å². The van der Waals surface area contributed by atoms with Gasteiger partial charge >= 0.3 is 0 Å². The minimum absolute atomic E-state index is 0.0234. The lowest BCUT2D eigenvalue weighted by Crippen LogP contribution is -2.45. The molecule has 0 bridgehead atoms. The molecular weight excluding hydrogens is 312 g/mol. The number of carbonyl (C=O) groups is 1. The van der Waals surface area contributed by atoms with Gasteiger partial charge in [0, 0.05) is 43.3 Å². The smallest absolute Gasteiger partial charge is 0.220 e. The number of hydrogen-bond donors (Lipinski definition) is 2. The molecule has 0 aliphatic carbocycles. The summed E-state index contributed by atoms with van der Waals surface area (Å²) in [6.45, 7) is 1.43. The highest BCUT2D eigenvalue weighted by atomic mass is 32.1. The Hall–Kier alpha value is -1.99. The van der Waals surface area contributed by atoms with E-state index in [1.165, 1.54) is 4.88 Å². The van der Waals surface area contributed by atoms with E-state index in [2.05, 4.69) is 15.3 Å². The van der Waals surface area contributed by atoms with E-state index >= 15 is 0 Å². The summed E-state index contributed by atoms with van der Waals surface area (Å²) in [5.41, 5.74) is -0.907. The van der Waals surface area contributed by atoms with Crippen molar-refractivity contribution in [3.05, 3.63) is 41.0 Å². The Labute approximate surface area is 139 Å². The standard InChI is InChI=1S/C16H20N4O2S/c21-15(4-3-13-2-1-9-23-13)19-11-16(22)5-8-20(12-16)14-10-17-6-7-18-14/h1-2,6-7,9-10,22H,3-5,8,11-12H2,(H,19,21)/t16-/m0/s1. The summed E-state index contributed by atoms with van der Waals surface area (Å²) < 4.78 is 0. The van der Waals surface area contributed by atoms with Crippen molar-refractivity contribution < 1.29 is 9.90 Å². The second-order valence-electron chi connectivity index (χ2n) is 5.82. The SMILES string of the molecule is O=C(CCc1cccs1)NC[C@@]1(O)CCN(c2cnccn2)C1. The number of aryl methyl sites for hydroxylation is 1. The predicted octanol–water partition coefficient (Wildman–Crippen LogP) is 1.23. The van der Waals surface area contributed by atoms with Gasteiger partial charge in [0.15, 0.2) is 0 Å². The number of nitrogens with one attached hydrogen (secondary N) is 1. The van der Waals surface area contributed by atoms with Gasteiger partial charge in [-0.25, -0.2) is 4.98 Å². The maximum atomic E-state index is 11.9. The van der Waals surface area contributed by atoms with Gasteiger partial charge in [0.05, 0.1) is 6.20 Å². The first kappa shape index (κ1) is 15.9. The Bertz CT molecular complexity index is 635. The van der Waals surface area contributed by atoms with Crippen LogP contribution in [0.4, 0.5) is 5.82 Å². The second-order valence-corrected chi connectivity index (χ2v) is 6.85. The van der Waals surface area contributed by atoms with Crippen LogP contribution in [0.5, 0.6) is 0 Å². The Kier molecular flexibility index (Phi) is 4.88. The fourth-order valence-electron chi connectivity index (χ4n) is 2.69. The van der Waals surface area contributed by atoms with Crippen LogP contribution in [0.25, 0.3) is 0 Å². The number of carbonyl (C=O) groups excluding carboxylic acids is 1. The molecule has 1 atom stereocenters. The van der Waals surface area contributed by atoms with Gasteiger partial charge < -0.3 is 15.3 Å². The third-order valence-electron chi connectivity index (χ3n) is 4.00. The van der Waals surface area contributed by atoms with E-state index in [-0.39, 0.29) is 12.5 Å². The van der Waals surface area contributed by atoms with Crippen molar-refractivity contribution in [3.63, 3.8) is 0 Å². The van der Waals surface area contributed by atoms with Crippen molar-refractivity contribution in [1.29, 1.82) is 0 Å². The average molecular weight is 332 g/mol. The number of thiophene rings is 1. The molecule has 122 valence electrons. The molecule has 2 N–H and O–H groups in total. The largest absolute Gasteiger partial charge is 0.386 e. The number of aromatic nitrogens is 2. The minimum Gasteiger partial charge on any atom is -0.386 e.